The molecule has 1 aliphatic heterocycles. The van der Waals surface area contributed by atoms with Crippen LogP contribution >= 0.6 is 0 Å². The van der Waals surface area contributed by atoms with Crippen molar-refractivity contribution >= 4 is 70.9 Å². The van der Waals surface area contributed by atoms with E-state index in [1.165, 1.54) is 89.9 Å². The number of rotatable bonds is 18. The lowest BCUT2D eigenvalue weighted by Crippen LogP contribution is -2.63. The third-order valence-electron chi connectivity index (χ3n) is 18.0. The van der Waals surface area contributed by atoms with Crippen molar-refractivity contribution in [1.29, 1.82) is 0 Å². The Morgan fingerprint density at radius 3 is 1.40 bits per heavy atom. The molecule has 536 valence electrons. The molecule has 0 saturated carbocycles. The summed E-state index contributed by atoms with van der Waals surface area (Å²) < 4.78 is 4.84. The number of benzene rings is 1. The number of esters is 1. The van der Waals surface area contributed by atoms with Gasteiger partial charge < -0.3 is 65.4 Å². The molecule has 25 heteroatoms. The topological polar surface area (TPSA) is 305 Å². The molecule has 5 N–H and O–H groups in total. The second-order valence-corrected chi connectivity index (χ2v) is 28.4. The molecule has 1 aliphatic rings. The maximum atomic E-state index is 15.4. The number of aryl methyl sites for hydroxylation is 1. The number of likely N-dealkylation sites (N-methyl/N-ethyl adjacent to an activating group) is 7. The molecule has 0 radical (unpaired) electrons. The second-order valence-electron chi connectivity index (χ2n) is 28.4. The molecule has 0 bridgehead atoms. The summed E-state index contributed by atoms with van der Waals surface area (Å²) in [5.74, 6) is -11.1. The summed E-state index contributed by atoms with van der Waals surface area (Å²) in [5.41, 5.74) is 0.869. The zero-order valence-electron chi connectivity index (χ0n) is 61.5. The Bertz CT molecular complexity index is 2840. The molecule has 25 nitrogen and oxygen atoms in total. The van der Waals surface area contributed by atoms with Crippen molar-refractivity contribution in [3.05, 3.63) is 47.7 Å². The number of aliphatic hydroxyl groups is 1. The van der Waals surface area contributed by atoms with Crippen LogP contribution in [-0.4, -0.2) is 233 Å². The maximum absolute atomic E-state index is 15.4. The third-order valence-corrected chi connectivity index (χ3v) is 18.0. The minimum atomic E-state index is -1.70. The Morgan fingerprint density at radius 1 is 0.505 bits per heavy atom. The Morgan fingerprint density at radius 2 is 0.937 bits per heavy atom. The molecular weight excluding hydrogens is 1220 g/mol. The van der Waals surface area contributed by atoms with Crippen molar-refractivity contribution < 1.29 is 67.4 Å². The lowest BCUT2D eigenvalue weighted by atomic mass is 9.89. The van der Waals surface area contributed by atoms with E-state index in [1.54, 1.807) is 65.8 Å². The van der Waals surface area contributed by atoms with Crippen molar-refractivity contribution in [2.45, 2.75) is 229 Å². The molecule has 1 fully saturated rings. The normalized spacial score (nSPS) is 25.1. The lowest BCUT2D eigenvalue weighted by Gasteiger charge is -2.41. The fourth-order valence-electron chi connectivity index (χ4n) is 11.9. The second kappa shape index (κ2) is 37.7. The van der Waals surface area contributed by atoms with Crippen molar-refractivity contribution in [2.24, 2.45) is 41.4 Å². The molecule has 0 unspecified atom stereocenters. The number of methoxy groups -OCH3 is 1. The molecular formula is C70H117N11O14. The molecule has 0 aliphatic carbocycles. The van der Waals surface area contributed by atoms with Crippen LogP contribution in [0.3, 0.4) is 0 Å². The number of aliphatic hydroxyl groups excluding tert-OH is 1. The summed E-state index contributed by atoms with van der Waals surface area (Å²) in [6.07, 6.45) is 0.160. The summed E-state index contributed by atoms with van der Waals surface area (Å²) in [4.78, 5) is 183. The average Bonchev–Trinajstić information content (AvgIpc) is 0.810. The van der Waals surface area contributed by atoms with Gasteiger partial charge in [0.2, 0.25) is 59.1 Å². The van der Waals surface area contributed by atoms with Crippen LogP contribution in [0.15, 0.2) is 36.5 Å². The number of carbonyl (C=O) groups is 12. The zero-order chi connectivity index (χ0) is 73.1. The number of carbonyl (C=O) groups excluding carboxylic acids is 12. The van der Waals surface area contributed by atoms with Crippen LogP contribution in [0.5, 0.6) is 0 Å². The van der Waals surface area contributed by atoms with Crippen LogP contribution in [-0.2, 0) is 63.9 Å². The minimum absolute atomic E-state index is 0.0570. The molecule has 1 aromatic carbocycles. The van der Waals surface area contributed by atoms with Gasteiger partial charge in [0.1, 0.15) is 66.1 Å². The van der Waals surface area contributed by atoms with Crippen LogP contribution in [0.4, 0.5) is 0 Å². The van der Waals surface area contributed by atoms with Gasteiger partial charge in [-0.2, -0.15) is 0 Å². The van der Waals surface area contributed by atoms with Gasteiger partial charge in [-0.15, -0.1) is 0 Å². The van der Waals surface area contributed by atoms with Crippen molar-refractivity contribution in [1.82, 2.24) is 55.6 Å². The van der Waals surface area contributed by atoms with Crippen molar-refractivity contribution in [3.8, 4) is 0 Å². The maximum Gasteiger partial charge on any atom is 0.337 e. The molecule has 1 heterocycles. The highest BCUT2D eigenvalue weighted by molar-refractivity contribution is 6.02. The lowest BCUT2D eigenvalue weighted by molar-refractivity contribution is -0.157. The standard InChI is InChI=1S/C70H117N11O14/c1-26-50-65(89)75(18)47(17)64(88)76(19)52(35-39(4)5)61(85)74-55(42(10)11)68(92)77(20)51(34-38(2)3)60(84)71-45(15)59(83)72-46(16)63(87)78(21)53(36-40(6)7)66(90)79(22)54(37-41(8)9)67(91)80(23)56(43(12)13)69(93)81(24)57(62(86)73-50)58(82)44(14)28-27-29-48-30-32-49(33-31-48)70(94)95-25/h30-33,38-46,50-58,82H,17,26-29,34-37H2,1-16,18-25H3,(H,71,84)(H,72,83)(H,73,86)(H,74,85)/t44-,45-,46+,50-,51-,52+,53+,54-,55-,56-,57+,58-/m1/s1. The monoisotopic (exact) mass is 1340 g/mol. The first kappa shape index (κ1) is 83.6. The number of hydrogen-bond donors (Lipinski definition) is 5. The van der Waals surface area contributed by atoms with Gasteiger partial charge in [0.15, 0.2) is 0 Å². The number of nitrogens with zero attached hydrogens (tertiary/aromatic N) is 7. The Labute approximate surface area is 565 Å². The SMILES string of the molecule is C=C1C(=O)N(C)[C@@H](CC(C)C)C(=O)N[C@H](C(C)C)C(=O)N(C)[C@H](CC(C)C)C(=O)N[C@H](C)C(=O)N[C@@H](C)C(=O)N(C)[C@@H](CC(C)C)C(=O)N(C)[C@H](CC(C)C)C(=O)N(C)[C@H](C(C)C)C(=O)N(C)[C@@H]([C@H](O)[C@H](C)CCCc2ccc(C(=O)OC)cc2)C(=O)N[C@H](CC)C(=O)N1C. The highest BCUT2D eigenvalue weighted by Crippen LogP contribution is 2.27. The summed E-state index contributed by atoms with van der Waals surface area (Å²) in [6, 6.07) is -6.04. The summed E-state index contributed by atoms with van der Waals surface area (Å²) >= 11 is 0. The van der Waals surface area contributed by atoms with Gasteiger partial charge in [-0.1, -0.05) is 116 Å². The van der Waals surface area contributed by atoms with E-state index >= 15 is 19.2 Å². The van der Waals surface area contributed by atoms with Crippen LogP contribution in [0.1, 0.15) is 172 Å². The quantitative estimate of drug-likeness (QED) is 0.0990. The van der Waals surface area contributed by atoms with E-state index in [2.05, 4.69) is 27.8 Å². The minimum Gasteiger partial charge on any atom is -0.465 e. The highest BCUT2D eigenvalue weighted by atomic mass is 16.5. The molecule has 1 aromatic rings. The number of amides is 11. The Kier molecular flexibility index (Phi) is 33.2. The molecule has 12 atom stereocenters. The first-order valence-electron chi connectivity index (χ1n) is 33.6. The van der Waals surface area contributed by atoms with Gasteiger partial charge in [-0.3, -0.25) is 52.7 Å². The fourth-order valence-corrected chi connectivity index (χ4v) is 11.9. The molecule has 1 saturated heterocycles. The highest BCUT2D eigenvalue weighted by Gasteiger charge is 2.46. The van der Waals surface area contributed by atoms with Gasteiger partial charge >= 0.3 is 5.97 Å². The van der Waals surface area contributed by atoms with E-state index in [0.29, 0.717) is 24.8 Å². The first-order chi connectivity index (χ1) is 44.0. The van der Waals surface area contributed by atoms with Gasteiger partial charge in [0.25, 0.3) is 5.91 Å². The predicted molar refractivity (Wildman–Crippen MR) is 364 cm³/mol. The third kappa shape index (κ3) is 22.9. The van der Waals surface area contributed by atoms with Gasteiger partial charge in [-0.05, 0) is 124 Å². The van der Waals surface area contributed by atoms with Crippen LogP contribution in [0.2, 0.25) is 0 Å². The van der Waals surface area contributed by atoms with E-state index in [1.807, 2.05) is 55.4 Å². The van der Waals surface area contributed by atoms with Crippen molar-refractivity contribution in [2.75, 3.05) is 56.4 Å². The van der Waals surface area contributed by atoms with E-state index in [4.69, 9.17) is 4.74 Å². The summed E-state index contributed by atoms with van der Waals surface area (Å²) in [7, 11) is 11.0. The predicted octanol–water partition coefficient (Wildman–Crippen LogP) is 4.63. The molecule has 95 heavy (non-hydrogen) atoms. The number of ether oxygens (including phenoxy) is 1. The fraction of sp³-hybridized carbons (Fsp3) is 0.714. The molecule has 0 spiro atoms. The van der Waals surface area contributed by atoms with Gasteiger partial charge in [0, 0.05) is 49.3 Å². The zero-order valence-corrected chi connectivity index (χ0v) is 61.5. The van der Waals surface area contributed by atoms with Crippen molar-refractivity contribution in [3.63, 3.8) is 0 Å². The first-order valence-corrected chi connectivity index (χ1v) is 33.6. The number of hydrogen-bond acceptors (Lipinski definition) is 14. The van der Waals surface area contributed by atoms with E-state index in [9.17, 15) is 43.5 Å². The van der Waals surface area contributed by atoms with Crippen LogP contribution in [0, 0.1) is 41.4 Å². The molecule has 2 rings (SSSR count). The largest absolute Gasteiger partial charge is 0.465 e. The molecule has 11 amide bonds. The molecule has 0 aromatic heterocycles. The van der Waals surface area contributed by atoms with Crippen LogP contribution < -0.4 is 21.3 Å². The smallest absolute Gasteiger partial charge is 0.337 e. The van der Waals surface area contributed by atoms with Gasteiger partial charge in [-0.25, -0.2) is 4.79 Å². The average molecular weight is 1340 g/mol. The summed E-state index contributed by atoms with van der Waals surface area (Å²) in [5, 5.41) is 23.5. The van der Waals surface area contributed by atoms with E-state index in [0.717, 1.165) is 20.3 Å². The van der Waals surface area contributed by atoms with Gasteiger partial charge in [0.05, 0.1) is 18.8 Å². The number of nitrogens with one attached hydrogen (secondary N) is 4. The summed E-state index contributed by atoms with van der Waals surface area (Å²) in [6.45, 7) is 31.8. The Balaban J connectivity index is 3.01. The van der Waals surface area contributed by atoms with Crippen LogP contribution in [0.25, 0.3) is 0 Å². The van der Waals surface area contributed by atoms with E-state index in [-0.39, 0.29) is 61.5 Å². The Hall–Kier alpha value is -7.44. The van der Waals surface area contributed by atoms with E-state index < -0.39 is 155 Å².